The molecule has 0 spiro atoms. The number of morpholine rings is 1. The Hall–Kier alpha value is -0.380. The van der Waals surface area contributed by atoms with Crippen molar-refractivity contribution in [3.63, 3.8) is 0 Å². The van der Waals surface area contributed by atoms with Gasteiger partial charge >= 0.3 is 0 Å². The van der Waals surface area contributed by atoms with Crippen molar-refractivity contribution in [2.45, 2.75) is 38.4 Å². The number of guanidine groups is 1. The summed E-state index contributed by atoms with van der Waals surface area (Å²) >= 11 is 1.75. The lowest BCUT2D eigenvalue weighted by Gasteiger charge is -2.37. The van der Waals surface area contributed by atoms with Crippen LogP contribution in [0, 0.1) is 0 Å². The van der Waals surface area contributed by atoms with Gasteiger partial charge in [-0.2, -0.15) is 11.3 Å². The zero-order valence-electron chi connectivity index (χ0n) is 14.3. The third-order valence-electron chi connectivity index (χ3n) is 4.35. The first-order valence-corrected chi connectivity index (χ1v) is 9.58. The molecule has 0 bridgehead atoms. The van der Waals surface area contributed by atoms with E-state index in [1.807, 2.05) is 0 Å². The molecule has 1 aromatic heterocycles. The molecule has 2 unspecified atom stereocenters. The first kappa shape index (κ1) is 19.9. The van der Waals surface area contributed by atoms with Gasteiger partial charge in [-0.25, -0.2) is 0 Å². The molecule has 5 nitrogen and oxygen atoms in total. The summed E-state index contributed by atoms with van der Waals surface area (Å²) in [4.78, 5) is 7.14. The van der Waals surface area contributed by atoms with E-state index in [1.165, 1.54) is 5.56 Å². The van der Waals surface area contributed by atoms with E-state index in [0.717, 1.165) is 64.6 Å². The summed E-state index contributed by atoms with van der Waals surface area (Å²) in [6.45, 7) is 7.22. The fraction of sp³-hybridized carbons (Fsp3) is 0.706. The molecule has 1 N–H and O–H groups in total. The molecule has 2 fully saturated rings. The number of rotatable bonds is 5. The molecule has 0 aromatic carbocycles. The number of thiophene rings is 1. The summed E-state index contributed by atoms with van der Waals surface area (Å²) in [5.74, 6) is 1.01. The van der Waals surface area contributed by atoms with Gasteiger partial charge in [0.2, 0.25) is 0 Å². The Morgan fingerprint density at radius 1 is 1.38 bits per heavy atom. The lowest BCUT2D eigenvalue weighted by Crippen LogP contribution is -2.53. The molecule has 0 radical (unpaired) electrons. The minimum absolute atomic E-state index is 0. The lowest BCUT2D eigenvalue weighted by molar-refractivity contribution is -0.0817. The van der Waals surface area contributed by atoms with Crippen LogP contribution < -0.4 is 5.32 Å². The van der Waals surface area contributed by atoms with E-state index < -0.39 is 0 Å². The van der Waals surface area contributed by atoms with E-state index in [9.17, 15) is 0 Å². The predicted molar refractivity (Wildman–Crippen MR) is 110 cm³/mol. The largest absolute Gasteiger partial charge is 0.375 e. The van der Waals surface area contributed by atoms with Gasteiger partial charge < -0.3 is 19.7 Å². The van der Waals surface area contributed by atoms with Crippen molar-refractivity contribution in [2.75, 3.05) is 39.4 Å². The number of nitrogens with zero attached hydrogens (tertiary/aromatic N) is 2. The van der Waals surface area contributed by atoms with E-state index in [-0.39, 0.29) is 36.2 Å². The molecule has 1 aromatic rings. The number of ether oxygens (including phenoxy) is 2. The lowest BCUT2D eigenvalue weighted by atomic mass is 10.1. The van der Waals surface area contributed by atoms with Crippen LogP contribution in [0.3, 0.4) is 0 Å². The van der Waals surface area contributed by atoms with Gasteiger partial charge in [-0.1, -0.05) is 0 Å². The van der Waals surface area contributed by atoms with Crippen molar-refractivity contribution in [3.8, 4) is 0 Å². The van der Waals surface area contributed by atoms with Crippen molar-refractivity contribution in [2.24, 2.45) is 4.99 Å². The van der Waals surface area contributed by atoms with Gasteiger partial charge in [0.25, 0.3) is 0 Å². The second-order valence-corrected chi connectivity index (χ2v) is 6.80. The topological polar surface area (TPSA) is 46.1 Å². The van der Waals surface area contributed by atoms with Crippen LogP contribution in [-0.2, 0) is 15.9 Å². The average molecular weight is 465 g/mol. The maximum absolute atomic E-state index is 5.94. The van der Waals surface area contributed by atoms with Crippen LogP contribution in [0.25, 0.3) is 0 Å². The van der Waals surface area contributed by atoms with Crippen molar-refractivity contribution in [1.82, 2.24) is 10.2 Å². The first-order chi connectivity index (χ1) is 11.4. The monoisotopic (exact) mass is 465 g/mol. The standard InChI is InChI=1S/C17H27N3O2S.HI/c1-2-18-17(19-7-5-14-6-11-23-13-14)20-8-10-22-16(12-20)15-4-3-9-21-15;/h6,11,13,15-16H,2-5,7-10,12H2,1H3,(H,18,19);1H. The summed E-state index contributed by atoms with van der Waals surface area (Å²) in [6, 6.07) is 2.18. The maximum atomic E-state index is 5.94. The number of aliphatic imine (C=N–C) groups is 1. The fourth-order valence-electron chi connectivity index (χ4n) is 3.14. The number of nitrogens with one attached hydrogen (secondary N) is 1. The van der Waals surface area contributed by atoms with Gasteiger partial charge in [0, 0.05) is 32.8 Å². The van der Waals surface area contributed by atoms with Crippen molar-refractivity contribution >= 4 is 41.3 Å². The Morgan fingerprint density at radius 2 is 2.25 bits per heavy atom. The van der Waals surface area contributed by atoms with Crippen molar-refractivity contribution in [3.05, 3.63) is 22.4 Å². The molecule has 2 saturated heterocycles. The summed E-state index contributed by atoms with van der Waals surface area (Å²) in [6.07, 6.45) is 3.69. The van der Waals surface area contributed by atoms with E-state index in [0.29, 0.717) is 0 Å². The van der Waals surface area contributed by atoms with Gasteiger partial charge in [0.15, 0.2) is 5.96 Å². The zero-order valence-corrected chi connectivity index (χ0v) is 17.4. The average Bonchev–Trinajstić information content (AvgIpc) is 3.28. The first-order valence-electron chi connectivity index (χ1n) is 8.64. The number of hydrogen-bond donors (Lipinski definition) is 1. The van der Waals surface area contributed by atoms with Gasteiger partial charge in [-0.05, 0) is 48.6 Å². The summed E-state index contributed by atoms with van der Waals surface area (Å²) in [5.41, 5.74) is 1.37. The Bertz CT molecular complexity index is 492. The minimum atomic E-state index is 0. The molecule has 2 aliphatic rings. The highest BCUT2D eigenvalue weighted by Crippen LogP contribution is 2.21. The molecular weight excluding hydrogens is 437 g/mol. The molecule has 3 rings (SSSR count). The third-order valence-corrected chi connectivity index (χ3v) is 5.08. The number of halogens is 1. The van der Waals surface area contributed by atoms with Crippen LogP contribution in [0.4, 0.5) is 0 Å². The Morgan fingerprint density at radius 3 is 2.96 bits per heavy atom. The summed E-state index contributed by atoms with van der Waals surface area (Å²) in [7, 11) is 0. The molecule has 136 valence electrons. The second-order valence-electron chi connectivity index (χ2n) is 6.02. The fourth-order valence-corrected chi connectivity index (χ4v) is 3.84. The highest BCUT2D eigenvalue weighted by molar-refractivity contribution is 14.0. The normalized spacial score (nSPS) is 24.7. The molecule has 0 saturated carbocycles. The number of hydrogen-bond acceptors (Lipinski definition) is 4. The van der Waals surface area contributed by atoms with Crippen LogP contribution >= 0.6 is 35.3 Å². The predicted octanol–water partition coefficient (Wildman–Crippen LogP) is 2.75. The molecule has 3 heterocycles. The summed E-state index contributed by atoms with van der Waals surface area (Å²) < 4.78 is 11.7. The van der Waals surface area contributed by atoms with Gasteiger partial charge in [0.05, 0.1) is 12.7 Å². The van der Waals surface area contributed by atoms with E-state index in [2.05, 4.69) is 34.0 Å². The van der Waals surface area contributed by atoms with E-state index >= 15 is 0 Å². The van der Waals surface area contributed by atoms with Crippen LogP contribution in [0.2, 0.25) is 0 Å². The Labute approximate surface area is 165 Å². The molecule has 2 aliphatic heterocycles. The van der Waals surface area contributed by atoms with Gasteiger partial charge in [-0.3, -0.25) is 4.99 Å². The van der Waals surface area contributed by atoms with Gasteiger partial charge in [0.1, 0.15) is 6.10 Å². The molecule has 0 amide bonds. The molecule has 7 heteroatoms. The Balaban J connectivity index is 0.00000208. The third kappa shape index (κ3) is 5.57. The molecule has 2 atom stereocenters. The molecule has 24 heavy (non-hydrogen) atoms. The SMILES string of the molecule is CCNC(=NCCc1ccsc1)N1CCOC(C2CCCO2)C1.I. The second kappa shape index (κ2) is 10.6. The molecular formula is C17H28IN3O2S. The zero-order chi connectivity index (χ0) is 15.9. The van der Waals surface area contributed by atoms with Crippen molar-refractivity contribution in [1.29, 1.82) is 0 Å². The van der Waals surface area contributed by atoms with Crippen LogP contribution in [-0.4, -0.2) is 62.5 Å². The quantitative estimate of drug-likeness (QED) is 0.413. The van der Waals surface area contributed by atoms with E-state index in [1.54, 1.807) is 11.3 Å². The van der Waals surface area contributed by atoms with Crippen LogP contribution in [0.1, 0.15) is 25.3 Å². The molecule has 0 aliphatic carbocycles. The highest BCUT2D eigenvalue weighted by atomic mass is 127. The van der Waals surface area contributed by atoms with Crippen LogP contribution in [0.5, 0.6) is 0 Å². The smallest absolute Gasteiger partial charge is 0.194 e. The minimum Gasteiger partial charge on any atom is -0.375 e. The van der Waals surface area contributed by atoms with Crippen LogP contribution in [0.15, 0.2) is 21.8 Å². The highest BCUT2D eigenvalue weighted by Gasteiger charge is 2.32. The van der Waals surface area contributed by atoms with E-state index in [4.69, 9.17) is 14.5 Å². The Kier molecular flexibility index (Phi) is 8.79. The van der Waals surface area contributed by atoms with Crippen molar-refractivity contribution < 1.29 is 9.47 Å². The van der Waals surface area contributed by atoms with Gasteiger partial charge in [-0.15, -0.1) is 24.0 Å². The maximum Gasteiger partial charge on any atom is 0.194 e. The summed E-state index contributed by atoms with van der Waals surface area (Å²) in [5, 5.41) is 7.75.